The van der Waals surface area contributed by atoms with Gasteiger partial charge in [-0.25, -0.2) is 9.07 Å². The summed E-state index contributed by atoms with van der Waals surface area (Å²) in [4.78, 5) is 24.7. The monoisotopic (exact) mass is 305 g/mol. The van der Waals surface area contributed by atoms with Crippen molar-refractivity contribution in [1.82, 2.24) is 14.7 Å². The highest BCUT2D eigenvalue weighted by Gasteiger charge is 2.18. The summed E-state index contributed by atoms with van der Waals surface area (Å²) < 4.78 is 19.7. The molecule has 0 saturated heterocycles. The van der Waals surface area contributed by atoms with Crippen LogP contribution in [-0.2, 0) is 9.53 Å². The summed E-state index contributed by atoms with van der Waals surface area (Å²) in [5, 5.41) is 4.05. The molecule has 7 heteroatoms. The van der Waals surface area contributed by atoms with E-state index >= 15 is 0 Å². The third-order valence-corrected chi connectivity index (χ3v) is 2.93. The number of likely N-dealkylation sites (N-methyl/N-ethyl adjacent to an activating group) is 1. The van der Waals surface area contributed by atoms with Crippen LogP contribution in [0.3, 0.4) is 0 Å². The maximum absolute atomic E-state index is 13.7. The molecule has 1 heterocycles. The highest BCUT2D eigenvalue weighted by atomic mass is 19.1. The minimum absolute atomic E-state index is 0.120. The van der Waals surface area contributed by atoms with Gasteiger partial charge in [0.15, 0.2) is 5.69 Å². The van der Waals surface area contributed by atoms with Crippen molar-refractivity contribution in [1.29, 1.82) is 0 Å². The number of halogens is 1. The van der Waals surface area contributed by atoms with Crippen molar-refractivity contribution in [3.8, 4) is 5.69 Å². The van der Waals surface area contributed by atoms with E-state index in [0.29, 0.717) is 0 Å². The van der Waals surface area contributed by atoms with Gasteiger partial charge in [0, 0.05) is 13.2 Å². The molecular formula is C15H16FN3O3. The number of rotatable bonds is 5. The van der Waals surface area contributed by atoms with Crippen LogP contribution in [0.25, 0.3) is 5.69 Å². The standard InChI is InChI=1S/C15H16FN3O3/c1-3-22-14(20)10-18(2)15(21)12-8-9-19(17-12)13-7-5-4-6-11(13)16/h4-9H,3,10H2,1-2H3. The average Bonchev–Trinajstić information content (AvgIpc) is 2.96. The maximum atomic E-state index is 13.7. The fraction of sp³-hybridized carbons (Fsp3) is 0.267. The van der Waals surface area contributed by atoms with Crippen molar-refractivity contribution in [3.63, 3.8) is 0 Å². The number of esters is 1. The lowest BCUT2D eigenvalue weighted by atomic mass is 10.3. The van der Waals surface area contributed by atoms with Gasteiger partial charge in [-0.1, -0.05) is 12.1 Å². The Kier molecular flexibility index (Phi) is 4.88. The quantitative estimate of drug-likeness (QED) is 0.788. The molecular weight excluding hydrogens is 289 g/mol. The molecule has 0 atom stereocenters. The van der Waals surface area contributed by atoms with Gasteiger partial charge in [0.2, 0.25) is 0 Å². The predicted octanol–water partition coefficient (Wildman–Crippen LogP) is 1.65. The lowest BCUT2D eigenvalue weighted by molar-refractivity contribution is -0.143. The first-order valence-corrected chi connectivity index (χ1v) is 6.74. The van der Waals surface area contributed by atoms with E-state index in [9.17, 15) is 14.0 Å². The Hall–Kier alpha value is -2.70. The van der Waals surface area contributed by atoms with Crippen molar-refractivity contribution in [2.24, 2.45) is 0 Å². The Morgan fingerprint density at radius 3 is 2.73 bits per heavy atom. The number of aromatic nitrogens is 2. The summed E-state index contributed by atoms with van der Waals surface area (Å²) in [5.74, 6) is -1.38. The highest BCUT2D eigenvalue weighted by Crippen LogP contribution is 2.12. The van der Waals surface area contributed by atoms with E-state index in [1.807, 2.05) is 0 Å². The molecule has 1 amide bonds. The van der Waals surface area contributed by atoms with Crippen LogP contribution in [0, 0.1) is 5.82 Å². The Labute approximate surface area is 127 Å². The van der Waals surface area contributed by atoms with Crippen LogP contribution in [0.5, 0.6) is 0 Å². The fourth-order valence-corrected chi connectivity index (χ4v) is 1.88. The van der Waals surface area contributed by atoms with Gasteiger partial charge in [-0.05, 0) is 25.1 Å². The largest absolute Gasteiger partial charge is 0.465 e. The van der Waals surface area contributed by atoms with Crippen molar-refractivity contribution in [2.45, 2.75) is 6.92 Å². The molecule has 0 spiro atoms. The van der Waals surface area contributed by atoms with E-state index in [1.54, 1.807) is 25.1 Å². The normalized spacial score (nSPS) is 10.3. The summed E-state index contributed by atoms with van der Waals surface area (Å²) in [6, 6.07) is 7.58. The fourth-order valence-electron chi connectivity index (χ4n) is 1.88. The molecule has 1 aromatic heterocycles. The topological polar surface area (TPSA) is 64.4 Å². The molecule has 22 heavy (non-hydrogen) atoms. The van der Waals surface area contributed by atoms with Gasteiger partial charge in [-0.15, -0.1) is 0 Å². The first-order valence-electron chi connectivity index (χ1n) is 6.74. The van der Waals surface area contributed by atoms with Crippen LogP contribution in [0.15, 0.2) is 36.5 Å². The van der Waals surface area contributed by atoms with Gasteiger partial charge >= 0.3 is 5.97 Å². The van der Waals surface area contributed by atoms with Gasteiger partial charge in [-0.3, -0.25) is 9.59 Å². The molecule has 0 bridgehead atoms. The first-order chi connectivity index (χ1) is 10.5. The van der Waals surface area contributed by atoms with Crippen LogP contribution < -0.4 is 0 Å². The number of nitrogens with zero attached hydrogens (tertiary/aromatic N) is 3. The minimum atomic E-state index is -0.494. The SMILES string of the molecule is CCOC(=O)CN(C)C(=O)c1ccn(-c2ccccc2F)n1. The van der Waals surface area contributed by atoms with Gasteiger partial charge in [0.1, 0.15) is 18.0 Å². The highest BCUT2D eigenvalue weighted by molar-refractivity contribution is 5.94. The third kappa shape index (κ3) is 3.49. The van der Waals surface area contributed by atoms with Crippen LogP contribution in [0.1, 0.15) is 17.4 Å². The van der Waals surface area contributed by atoms with E-state index in [-0.39, 0.29) is 24.5 Å². The second-order valence-corrected chi connectivity index (χ2v) is 4.56. The molecule has 0 saturated carbocycles. The molecule has 0 fully saturated rings. The molecule has 1 aromatic carbocycles. The molecule has 0 aliphatic carbocycles. The third-order valence-electron chi connectivity index (χ3n) is 2.93. The molecule has 0 N–H and O–H groups in total. The molecule has 0 aliphatic heterocycles. The van der Waals surface area contributed by atoms with E-state index in [1.165, 1.54) is 35.0 Å². The Morgan fingerprint density at radius 2 is 2.05 bits per heavy atom. The van der Waals surface area contributed by atoms with E-state index in [0.717, 1.165) is 0 Å². The summed E-state index contributed by atoms with van der Waals surface area (Å²) in [6.07, 6.45) is 1.49. The summed E-state index contributed by atoms with van der Waals surface area (Å²) in [7, 11) is 1.47. The van der Waals surface area contributed by atoms with Gasteiger partial charge in [0.25, 0.3) is 5.91 Å². The van der Waals surface area contributed by atoms with E-state index < -0.39 is 17.7 Å². The van der Waals surface area contributed by atoms with Crippen LogP contribution in [0.2, 0.25) is 0 Å². The lowest BCUT2D eigenvalue weighted by Gasteiger charge is -2.14. The lowest BCUT2D eigenvalue weighted by Crippen LogP contribution is -2.33. The van der Waals surface area contributed by atoms with Crippen molar-refractivity contribution >= 4 is 11.9 Å². The summed E-state index contributed by atoms with van der Waals surface area (Å²) in [5.41, 5.74) is 0.365. The smallest absolute Gasteiger partial charge is 0.325 e. The van der Waals surface area contributed by atoms with E-state index in [4.69, 9.17) is 4.74 Å². The molecule has 0 unspecified atom stereocenters. The predicted molar refractivity (Wildman–Crippen MR) is 77.1 cm³/mol. The Balaban J connectivity index is 2.12. The summed E-state index contributed by atoms with van der Waals surface area (Å²) >= 11 is 0. The van der Waals surface area contributed by atoms with Crippen molar-refractivity contribution < 1.29 is 18.7 Å². The number of benzene rings is 1. The molecule has 2 aromatic rings. The molecule has 0 radical (unpaired) electrons. The van der Waals surface area contributed by atoms with Gasteiger partial charge in [-0.2, -0.15) is 5.10 Å². The van der Waals surface area contributed by atoms with Crippen LogP contribution >= 0.6 is 0 Å². The van der Waals surface area contributed by atoms with Crippen LogP contribution in [-0.4, -0.2) is 46.8 Å². The second kappa shape index (κ2) is 6.84. The first kappa shape index (κ1) is 15.7. The number of hydrogen-bond acceptors (Lipinski definition) is 4. The molecule has 6 nitrogen and oxygen atoms in total. The molecule has 116 valence electrons. The van der Waals surface area contributed by atoms with Crippen molar-refractivity contribution in [2.75, 3.05) is 20.2 Å². The molecule has 2 rings (SSSR count). The number of ether oxygens (including phenoxy) is 1. The molecule has 0 aliphatic rings. The number of para-hydroxylation sites is 1. The van der Waals surface area contributed by atoms with Crippen LogP contribution in [0.4, 0.5) is 4.39 Å². The van der Waals surface area contributed by atoms with Crippen molar-refractivity contribution in [3.05, 3.63) is 48.0 Å². The second-order valence-electron chi connectivity index (χ2n) is 4.56. The van der Waals surface area contributed by atoms with Gasteiger partial charge in [0.05, 0.1) is 6.61 Å². The minimum Gasteiger partial charge on any atom is -0.465 e. The Morgan fingerprint density at radius 1 is 1.32 bits per heavy atom. The summed E-state index contributed by atoms with van der Waals surface area (Å²) in [6.45, 7) is 1.78. The zero-order valence-electron chi connectivity index (χ0n) is 12.3. The number of amides is 1. The maximum Gasteiger partial charge on any atom is 0.325 e. The number of carbonyl (C=O) groups is 2. The zero-order chi connectivity index (χ0) is 16.1. The average molecular weight is 305 g/mol. The number of carbonyl (C=O) groups excluding carboxylic acids is 2. The van der Waals surface area contributed by atoms with E-state index in [2.05, 4.69) is 5.10 Å². The number of hydrogen-bond donors (Lipinski definition) is 0. The van der Waals surface area contributed by atoms with Gasteiger partial charge < -0.3 is 9.64 Å². The zero-order valence-corrected chi connectivity index (χ0v) is 12.3. The Bertz CT molecular complexity index is 684.